The first-order chi connectivity index (χ1) is 9.47. The Kier molecular flexibility index (Phi) is 4.53. The van der Waals surface area contributed by atoms with E-state index >= 15 is 0 Å². The third-order valence-corrected chi connectivity index (χ3v) is 3.12. The number of hydrogen-bond acceptors (Lipinski definition) is 3. The van der Waals surface area contributed by atoms with Crippen molar-refractivity contribution in [2.75, 3.05) is 5.73 Å². The number of nitrogens with two attached hydrogens (primary N) is 1. The van der Waals surface area contributed by atoms with Gasteiger partial charge in [0.25, 0.3) is 0 Å². The Balaban J connectivity index is 2.30. The molecule has 0 fully saturated rings. The number of halogens is 1. The van der Waals surface area contributed by atoms with Crippen LogP contribution in [0.5, 0.6) is 5.75 Å². The molecule has 3 nitrogen and oxygen atoms in total. The summed E-state index contributed by atoms with van der Waals surface area (Å²) in [4.78, 5) is 0. The minimum absolute atomic E-state index is 0.0861. The van der Waals surface area contributed by atoms with Crippen LogP contribution >= 0.6 is 11.6 Å². The monoisotopic (exact) mass is 291 g/mol. The second-order valence-corrected chi connectivity index (χ2v) is 5.35. The SMILES string of the molecule is CC(C)Oc1cccc(C(O)c2ccc(Cl)cc2N)c1. The largest absolute Gasteiger partial charge is 0.491 e. The summed E-state index contributed by atoms with van der Waals surface area (Å²) in [5.41, 5.74) is 7.74. The summed E-state index contributed by atoms with van der Waals surface area (Å²) in [6.07, 6.45) is -0.717. The molecule has 0 amide bonds. The van der Waals surface area contributed by atoms with Crippen molar-refractivity contribution in [1.82, 2.24) is 0 Å². The molecule has 2 aromatic carbocycles. The molecule has 2 rings (SSSR count). The highest BCUT2D eigenvalue weighted by Gasteiger charge is 2.14. The quantitative estimate of drug-likeness (QED) is 0.843. The molecule has 20 heavy (non-hydrogen) atoms. The summed E-state index contributed by atoms with van der Waals surface area (Å²) >= 11 is 5.87. The molecule has 0 aliphatic carbocycles. The zero-order chi connectivity index (χ0) is 14.7. The topological polar surface area (TPSA) is 55.5 Å². The molecule has 4 heteroatoms. The Hall–Kier alpha value is -1.71. The third-order valence-electron chi connectivity index (χ3n) is 2.89. The van der Waals surface area contributed by atoms with Gasteiger partial charge in [-0.2, -0.15) is 0 Å². The highest BCUT2D eigenvalue weighted by Crippen LogP contribution is 2.30. The van der Waals surface area contributed by atoms with E-state index in [0.717, 1.165) is 11.3 Å². The first-order valence-electron chi connectivity index (χ1n) is 6.47. The fraction of sp³-hybridized carbons (Fsp3) is 0.250. The van der Waals surface area contributed by atoms with Gasteiger partial charge >= 0.3 is 0 Å². The van der Waals surface area contributed by atoms with E-state index in [1.807, 2.05) is 38.1 Å². The minimum atomic E-state index is -0.803. The van der Waals surface area contributed by atoms with Crippen LogP contribution in [0, 0.1) is 0 Å². The van der Waals surface area contributed by atoms with Crippen molar-refractivity contribution in [2.45, 2.75) is 26.1 Å². The Bertz CT molecular complexity index is 599. The molecule has 0 aliphatic rings. The Morgan fingerprint density at radius 3 is 2.55 bits per heavy atom. The second-order valence-electron chi connectivity index (χ2n) is 4.91. The minimum Gasteiger partial charge on any atom is -0.491 e. The Labute approximate surface area is 123 Å². The van der Waals surface area contributed by atoms with E-state index in [0.29, 0.717) is 16.3 Å². The predicted molar refractivity (Wildman–Crippen MR) is 82.1 cm³/mol. The van der Waals surface area contributed by atoms with E-state index in [9.17, 15) is 5.11 Å². The van der Waals surface area contributed by atoms with Crippen molar-refractivity contribution in [1.29, 1.82) is 0 Å². The number of aliphatic hydroxyl groups excluding tert-OH is 1. The lowest BCUT2D eigenvalue weighted by atomic mass is 10.00. The van der Waals surface area contributed by atoms with Crippen molar-refractivity contribution >= 4 is 17.3 Å². The number of ether oxygens (including phenoxy) is 1. The molecule has 0 bridgehead atoms. The molecule has 0 radical (unpaired) electrons. The van der Waals surface area contributed by atoms with Crippen molar-refractivity contribution in [3.8, 4) is 5.75 Å². The van der Waals surface area contributed by atoms with Crippen molar-refractivity contribution in [3.05, 3.63) is 58.6 Å². The zero-order valence-electron chi connectivity index (χ0n) is 11.5. The molecule has 0 saturated heterocycles. The number of aliphatic hydroxyl groups is 1. The molecular formula is C16H18ClNO2. The molecule has 2 aromatic rings. The molecular weight excluding hydrogens is 274 g/mol. The van der Waals surface area contributed by atoms with E-state index < -0.39 is 6.10 Å². The molecule has 0 spiro atoms. The number of benzene rings is 2. The van der Waals surface area contributed by atoms with Gasteiger partial charge in [0, 0.05) is 16.3 Å². The van der Waals surface area contributed by atoms with Gasteiger partial charge in [-0.25, -0.2) is 0 Å². The molecule has 106 valence electrons. The van der Waals surface area contributed by atoms with Crippen molar-refractivity contribution in [3.63, 3.8) is 0 Å². The molecule has 3 N–H and O–H groups in total. The fourth-order valence-corrected chi connectivity index (χ4v) is 2.18. The van der Waals surface area contributed by atoms with Crippen LogP contribution in [0.15, 0.2) is 42.5 Å². The van der Waals surface area contributed by atoms with Gasteiger partial charge in [0.05, 0.1) is 6.10 Å². The number of nitrogen functional groups attached to an aromatic ring is 1. The van der Waals surface area contributed by atoms with Crippen LogP contribution in [-0.4, -0.2) is 11.2 Å². The van der Waals surface area contributed by atoms with Gasteiger partial charge in [-0.15, -0.1) is 0 Å². The number of hydrogen-bond donors (Lipinski definition) is 2. The Morgan fingerprint density at radius 2 is 1.90 bits per heavy atom. The van der Waals surface area contributed by atoms with Gasteiger partial charge in [0.2, 0.25) is 0 Å². The summed E-state index contributed by atoms with van der Waals surface area (Å²) in [5.74, 6) is 0.726. The maximum Gasteiger partial charge on any atom is 0.120 e. The lowest BCUT2D eigenvalue weighted by Gasteiger charge is -2.16. The second kappa shape index (κ2) is 6.16. The van der Waals surface area contributed by atoms with Gasteiger partial charge in [-0.3, -0.25) is 0 Å². The van der Waals surface area contributed by atoms with Crippen LogP contribution in [0.1, 0.15) is 31.1 Å². The molecule has 0 aliphatic heterocycles. The van der Waals surface area contributed by atoms with Crippen LogP contribution in [0.25, 0.3) is 0 Å². The van der Waals surface area contributed by atoms with Crippen LogP contribution in [0.3, 0.4) is 0 Å². The molecule has 1 atom stereocenters. The van der Waals surface area contributed by atoms with Gasteiger partial charge in [0.1, 0.15) is 11.9 Å². The van der Waals surface area contributed by atoms with Crippen LogP contribution in [-0.2, 0) is 0 Å². The highest BCUT2D eigenvalue weighted by atomic mass is 35.5. The Morgan fingerprint density at radius 1 is 1.15 bits per heavy atom. The predicted octanol–water partition coefficient (Wildman–Crippen LogP) is 3.79. The molecule has 0 saturated carbocycles. The summed E-state index contributed by atoms with van der Waals surface area (Å²) in [5, 5.41) is 11.0. The van der Waals surface area contributed by atoms with Gasteiger partial charge in [-0.1, -0.05) is 29.8 Å². The molecule has 0 heterocycles. The lowest BCUT2D eigenvalue weighted by Crippen LogP contribution is -2.07. The van der Waals surface area contributed by atoms with Crippen LogP contribution in [0.4, 0.5) is 5.69 Å². The normalized spacial score (nSPS) is 12.4. The zero-order valence-corrected chi connectivity index (χ0v) is 12.3. The van der Waals surface area contributed by atoms with Gasteiger partial charge in [-0.05, 0) is 43.7 Å². The van der Waals surface area contributed by atoms with Crippen molar-refractivity contribution < 1.29 is 9.84 Å². The molecule has 1 unspecified atom stereocenters. The van der Waals surface area contributed by atoms with Crippen molar-refractivity contribution in [2.24, 2.45) is 0 Å². The first-order valence-corrected chi connectivity index (χ1v) is 6.85. The number of rotatable bonds is 4. The average Bonchev–Trinajstić information content (AvgIpc) is 2.37. The summed E-state index contributed by atoms with van der Waals surface area (Å²) < 4.78 is 5.63. The standard InChI is InChI=1S/C16H18ClNO2/c1-10(2)20-13-5-3-4-11(8-13)16(19)14-7-6-12(17)9-15(14)18/h3-10,16,19H,18H2,1-2H3. The van der Waals surface area contributed by atoms with E-state index in [1.165, 1.54) is 0 Å². The van der Waals surface area contributed by atoms with Gasteiger partial charge in [0.15, 0.2) is 0 Å². The smallest absolute Gasteiger partial charge is 0.120 e. The highest BCUT2D eigenvalue weighted by molar-refractivity contribution is 6.30. The van der Waals surface area contributed by atoms with E-state index in [-0.39, 0.29) is 6.10 Å². The fourth-order valence-electron chi connectivity index (χ4n) is 2.00. The maximum atomic E-state index is 10.4. The van der Waals surface area contributed by atoms with E-state index in [2.05, 4.69) is 0 Å². The van der Waals surface area contributed by atoms with Crippen LogP contribution in [0.2, 0.25) is 5.02 Å². The molecule has 0 aromatic heterocycles. The van der Waals surface area contributed by atoms with E-state index in [1.54, 1.807) is 18.2 Å². The summed E-state index contributed by atoms with van der Waals surface area (Å²) in [6.45, 7) is 3.92. The number of anilines is 1. The summed E-state index contributed by atoms with van der Waals surface area (Å²) in [7, 11) is 0. The van der Waals surface area contributed by atoms with Crippen LogP contribution < -0.4 is 10.5 Å². The lowest BCUT2D eigenvalue weighted by molar-refractivity contribution is 0.217. The third kappa shape index (κ3) is 3.44. The summed E-state index contributed by atoms with van der Waals surface area (Å²) in [6, 6.07) is 12.5. The first kappa shape index (κ1) is 14.7. The average molecular weight is 292 g/mol. The maximum absolute atomic E-state index is 10.4. The van der Waals surface area contributed by atoms with E-state index in [4.69, 9.17) is 22.1 Å². The van der Waals surface area contributed by atoms with Gasteiger partial charge < -0.3 is 15.6 Å².